The molecule has 7 heteroatoms. The van der Waals surface area contributed by atoms with Crippen molar-refractivity contribution in [2.24, 2.45) is 0 Å². The quantitative estimate of drug-likeness (QED) is 0.560. The summed E-state index contributed by atoms with van der Waals surface area (Å²) in [6.45, 7) is 0. The number of hydrogen-bond donors (Lipinski definition) is 2. The zero-order valence-electron chi connectivity index (χ0n) is 12.9. The lowest BCUT2D eigenvalue weighted by atomic mass is 10.2. The van der Waals surface area contributed by atoms with Gasteiger partial charge in [0.15, 0.2) is 0 Å². The highest BCUT2D eigenvalue weighted by Gasteiger charge is 2.09. The molecular weight excluding hydrogens is 340 g/mol. The third-order valence-corrected chi connectivity index (χ3v) is 3.62. The fourth-order valence-corrected chi connectivity index (χ4v) is 2.31. The van der Waals surface area contributed by atoms with Gasteiger partial charge in [-0.05, 0) is 30.3 Å². The van der Waals surface area contributed by atoms with E-state index in [4.69, 9.17) is 11.6 Å². The first-order chi connectivity index (χ1) is 12.1. The SMILES string of the molecule is O=C(/C=C/c1cnc2ccccc2n1)NNC(=O)c1ccccc1Cl. The molecule has 3 aromatic rings. The van der Waals surface area contributed by atoms with Crippen LogP contribution in [0.5, 0.6) is 0 Å². The van der Waals surface area contributed by atoms with E-state index >= 15 is 0 Å². The topological polar surface area (TPSA) is 84.0 Å². The van der Waals surface area contributed by atoms with Crippen molar-refractivity contribution in [3.05, 3.63) is 77.1 Å². The first kappa shape index (κ1) is 16.6. The second-order valence-electron chi connectivity index (χ2n) is 5.04. The van der Waals surface area contributed by atoms with Gasteiger partial charge in [-0.3, -0.25) is 25.4 Å². The minimum absolute atomic E-state index is 0.272. The molecule has 0 saturated carbocycles. The zero-order chi connectivity index (χ0) is 17.6. The Morgan fingerprint density at radius 3 is 2.48 bits per heavy atom. The van der Waals surface area contributed by atoms with E-state index < -0.39 is 11.8 Å². The van der Waals surface area contributed by atoms with Crippen LogP contribution in [0.2, 0.25) is 5.02 Å². The van der Waals surface area contributed by atoms with Crippen LogP contribution in [0.15, 0.2) is 60.8 Å². The summed E-state index contributed by atoms with van der Waals surface area (Å²) in [7, 11) is 0. The van der Waals surface area contributed by atoms with Crippen LogP contribution in [0.1, 0.15) is 16.1 Å². The van der Waals surface area contributed by atoms with Crippen LogP contribution in [-0.2, 0) is 4.79 Å². The number of fused-ring (bicyclic) bond motifs is 1. The van der Waals surface area contributed by atoms with E-state index in [2.05, 4.69) is 20.8 Å². The van der Waals surface area contributed by atoms with E-state index in [1.54, 1.807) is 30.5 Å². The monoisotopic (exact) mass is 352 g/mol. The van der Waals surface area contributed by atoms with E-state index in [9.17, 15) is 9.59 Å². The Morgan fingerprint density at radius 1 is 0.960 bits per heavy atom. The van der Waals surface area contributed by atoms with Crippen molar-refractivity contribution in [3.8, 4) is 0 Å². The maximum absolute atomic E-state index is 11.9. The molecule has 0 aliphatic rings. The van der Waals surface area contributed by atoms with Gasteiger partial charge in [-0.25, -0.2) is 4.98 Å². The predicted octanol–water partition coefficient (Wildman–Crippen LogP) is 2.76. The minimum atomic E-state index is -0.504. The molecule has 0 aliphatic heterocycles. The molecule has 3 rings (SSSR count). The first-order valence-electron chi connectivity index (χ1n) is 7.38. The molecule has 0 aliphatic carbocycles. The van der Waals surface area contributed by atoms with E-state index in [1.165, 1.54) is 12.2 Å². The maximum atomic E-state index is 11.9. The van der Waals surface area contributed by atoms with Gasteiger partial charge in [0.25, 0.3) is 11.8 Å². The molecule has 0 atom stereocenters. The summed E-state index contributed by atoms with van der Waals surface area (Å²) < 4.78 is 0. The van der Waals surface area contributed by atoms with Gasteiger partial charge in [0.05, 0.1) is 33.5 Å². The van der Waals surface area contributed by atoms with Crippen LogP contribution in [-0.4, -0.2) is 21.8 Å². The van der Waals surface area contributed by atoms with Crippen molar-refractivity contribution >= 4 is 40.5 Å². The van der Waals surface area contributed by atoms with Gasteiger partial charge < -0.3 is 0 Å². The van der Waals surface area contributed by atoms with Crippen LogP contribution >= 0.6 is 11.6 Å². The van der Waals surface area contributed by atoms with E-state index in [1.807, 2.05) is 24.3 Å². The van der Waals surface area contributed by atoms with Gasteiger partial charge in [-0.2, -0.15) is 0 Å². The summed E-state index contributed by atoms with van der Waals surface area (Å²) in [6, 6.07) is 14.0. The molecular formula is C18H13ClN4O2. The average molecular weight is 353 g/mol. The number of nitrogens with one attached hydrogen (secondary N) is 2. The van der Waals surface area contributed by atoms with Crippen LogP contribution in [0.25, 0.3) is 17.1 Å². The zero-order valence-corrected chi connectivity index (χ0v) is 13.7. The average Bonchev–Trinajstić information content (AvgIpc) is 2.64. The van der Waals surface area contributed by atoms with Crippen LogP contribution in [0.3, 0.4) is 0 Å². The number of rotatable bonds is 3. The summed E-state index contributed by atoms with van der Waals surface area (Å²) in [5.41, 5.74) is 6.89. The van der Waals surface area contributed by atoms with E-state index in [0.29, 0.717) is 10.7 Å². The molecule has 0 unspecified atom stereocenters. The normalized spacial score (nSPS) is 10.8. The molecule has 124 valence electrons. The summed E-state index contributed by atoms with van der Waals surface area (Å²) in [6.07, 6.45) is 4.33. The maximum Gasteiger partial charge on any atom is 0.271 e. The highest BCUT2D eigenvalue weighted by Crippen LogP contribution is 2.14. The van der Waals surface area contributed by atoms with Crippen molar-refractivity contribution in [2.45, 2.75) is 0 Å². The van der Waals surface area contributed by atoms with Crippen LogP contribution < -0.4 is 10.9 Å². The molecule has 6 nitrogen and oxygen atoms in total. The molecule has 2 aromatic carbocycles. The second-order valence-corrected chi connectivity index (χ2v) is 5.45. The number of halogens is 1. The molecule has 0 spiro atoms. The van der Waals surface area contributed by atoms with Gasteiger partial charge in [0, 0.05) is 6.08 Å². The lowest BCUT2D eigenvalue weighted by molar-refractivity contribution is -0.117. The summed E-state index contributed by atoms with van der Waals surface area (Å²) in [5, 5.41) is 0.302. The van der Waals surface area contributed by atoms with Crippen molar-refractivity contribution < 1.29 is 9.59 Å². The smallest absolute Gasteiger partial charge is 0.268 e. The van der Waals surface area contributed by atoms with Gasteiger partial charge in [0.1, 0.15) is 0 Å². The molecule has 1 heterocycles. The molecule has 0 bridgehead atoms. The van der Waals surface area contributed by atoms with Gasteiger partial charge in [-0.15, -0.1) is 0 Å². The van der Waals surface area contributed by atoms with Crippen LogP contribution in [0, 0.1) is 0 Å². The van der Waals surface area contributed by atoms with E-state index in [0.717, 1.165) is 11.0 Å². The highest BCUT2D eigenvalue weighted by molar-refractivity contribution is 6.33. The third-order valence-electron chi connectivity index (χ3n) is 3.29. The number of carbonyl (C=O) groups is 2. The van der Waals surface area contributed by atoms with E-state index in [-0.39, 0.29) is 5.56 Å². The molecule has 0 radical (unpaired) electrons. The molecule has 25 heavy (non-hydrogen) atoms. The standard InChI is InChI=1S/C18H13ClN4O2/c19-14-6-2-1-5-13(14)18(25)23-22-17(24)10-9-12-11-20-15-7-3-4-8-16(15)21-12/h1-11H,(H,22,24)(H,23,25)/b10-9+. The lowest BCUT2D eigenvalue weighted by Crippen LogP contribution is -2.40. The summed E-state index contributed by atoms with van der Waals surface area (Å²) in [4.78, 5) is 32.4. The fourth-order valence-electron chi connectivity index (χ4n) is 2.09. The van der Waals surface area contributed by atoms with Crippen molar-refractivity contribution in [1.82, 2.24) is 20.8 Å². The number of amides is 2. The highest BCUT2D eigenvalue weighted by atomic mass is 35.5. The molecule has 2 N–H and O–H groups in total. The third kappa shape index (κ3) is 4.19. The Kier molecular flexibility index (Phi) is 5.01. The Balaban J connectivity index is 1.60. The number of nitrogens with zero attached hydrogens (tertiary/aromatic N) is 2. The number of benzene rings is 2. The molecule has 1 aromatic heterocycles. The Morgan fingerprint density at radius 2 is 1.68 bits per heavy atom. The number of aromatic nitrogens is 2. The molecule has 0 saturated heterocycles. The van der Waals surface area contributed by atoms with Crippen LogP contribution in [0.4, 0.5) is 0 Å². The Hall–Kier alpha value is -3.25. The first-order valence-corrected chi connectivity index (χ1v) is 7.76. The fraction of sp³-hybridized carbons (Fsp3) is 0. The lowest BCUT2D eigenvalue weighted by Gasteiger charge is -2.06. The summed E-state index contributed by atoms with van der Waals surface area (Å²) >= 11 is 5.92. The van der Waals surface area contributed by atoms with Crippen molar-refractivity contribution in [3.63, 3.8) is 0 Å². The molecule has 0 fully saturated rings. The Bertz CT molecular complexity index is 972. The largest absolute Gasteiger partial charge is 0.271 e. The van der Waals surface area contributed by atoms with Crippen molar-refractivity contribution in [1.29, 1.82) is 0 Å². The number of carbonyl (C=O) groups excluding carboxylic acids is 2. The predicted molar refractivity (Wildman–Crippen MR) is 95.6 cm³/mol. The van der Waals surface area contributed by atoms with Gasteiger partial charge in [-0.1, -0.05) is 35.9 Å². The second kappa shape index (κ2) is 7.55. The Labute approximate surface area is 148 Å². The van der Waals surface area contributed by atoms with Crippen molar-refractivity contribution in [2.75, 3.05) is 0 Å². The van der Waals surface area contributed by atoms with Gasteiger partial charge in [0.2, 0.25) is 0 Å². The molecule has 2 amide bonds. The van der Waals surface area contributed by atoms with Gasteiger partial charge >= 0.3 is 0 Å². The minimum Gasteiger partial charge on any atom is -0.268 e. The number of hydrazine groups is 1. The summed E-state index contributed by atoms with van der Waals surface area (Å²) in [5.74, 6) is -1.01. The number of para-hydroxylation sites is 2. The number of hydrogen-bond acceptors (Lipinski definition) is 4.